The van der Waals surface area contributed by atoms with Crippen molar-refractivity contribution in [1.82, 2.24) is 10.2 Å². The van der Waals surface area contributed by atoms with E-state index < -0.39 is 0 Å². The fourth-order valence-corrected chi connectivity index (χ4v) is 3.41. The standard InChI is InChI=1S/C19H25FN2O4/c20-16-7-5-14(6-8-16)18(24)21-9-1-4-17(23)22-10-2-3-15(13-22)19-25-11-12-26-19/h5-8,15,19H,1-4,9-13H2,(H,21,24). The third-order valence-electron chi connectivity index (χ3n) is 4.80. The molecule has 2 amide bonds. The summed E-state index contributed by atoms with van der Waals surface area (Å²) in [6.45, 7) is 3.11. The third kappa shape index (κ3) is 5.02. The fourth-order valence-electron chi connectivity index (χ4n) is 3.41. The van der Waals surface area contributed by atoms with Gasteiger partial charge in [0.25, 0.3) is 5.91 Å². The van der Waals surface area contributed by atoms with Gasteiger partial charge in [-0.2, -0.15) is 0 Å². The zero-order valence-electron chi connectivity index (χ0n) is 14.8. The number of rotatable bonds is 6. The van der Waals surface area contributed by atoms with Crippen molar-refractivity contribution in [3.63, 3.8) is 0 Å². The number of carbonyl (C=O) groups is 2. The fraction of sp³-hybridized carbons (Fsp3) is 0.579. The average molecular weight is 364 g/mol. The van der Waals surface area contributed by atoms with Crippen LogP contribution in [0.3, 0.4) is 0 Å². The molecule has 1 unspecified atom stereocenters. The lowest BCUT2D eigenvalue weighted by Crippen LogP contribution is -2.44. The number of ether oxygens (including phenoxy) is 2. The molecule has 1 atom stereocenters. The first-order chi connectivity index (χ1) is 12.6. The zero-order valence-corrected chi connectivity index (χ0v) is 14.8. The Morgan fingerprint density at radius 1 is 1.19 bits per heavy atom. The molecule has 2 aliphatic heterocycles. The van der Waals surface area contributed by atoms with Crippen molar-refractivity contribution in [2.24, 2.45) is 5.92 Å². The predicted molar refractivity (Wildman–Crippen MR) is 93.0 cm³/mol. The number of nitrogens with zero attached hydrogens (tertiary/aromatic N) is 1. The highest BCUT2D eigenvalue weighted by atomic mass is 19.1. The maximum Gasteiger partial charge on any atom is 0.251 e. The van der Waals surface area contributed by atoms with Gasteiger partial charge in [0.2, 0.25) is 5.91 Å². The first-order valence-corrected chi connectivity index (χ1v) is 9.18. The Hall–Kier alpha value is -1.99. The highest BCUT2D eigenvalue weighted by Gasteiger charge is 2.32. The number of halogens is 1. The number of hydrogen-bond donors (Lipinski definition) is 1. The first-order valence-electron chi connectivity index (χ1n) is 9.18. The number of hydrogen-bond acceptors (Lipinski definition) is 4. The van der Waals surface area contributed by atoms with Crippen LogP contribution in [0.15, 0.2) is 24.3 Å². The Balaban J connectivity index is 1.37. The molecule has 2 heterocycles. The molecule has 1 N–H and O–H groups in total. The lowest BCUT2D eigenvalue weighted by atomic mass is 9.97. The molecule has 0 saturated carbocycles. The number of benzene rings is 1. The van der Waals surface area contributed by atoms with Gasteiger partial charge < -0.3 is 19.7 Å². The first kappa shape index (κ1) is 18.8. The molecule has 7 heteroatoms. The van der Waals surface area contributed by atoms with Crippen LogP contribution in [0.2, 0.25) is 0 Å². The minimum Gasteiger partial charge on any atom is -0.352 e. The summed E-state index contributed by atoms with van der Waals surface area (Å²) in [5, 5.41) is 2.76. The summed E-state index contributed by atoms with van der Waals surface area (Å²) in [7, 11) is 0. The average Bonchev–Trinajstić information content (AvgIpc) is 3.20. The van der Waals surface area contributed by atoms with Crippen LogP contribution in [0.5, 0.6) is 0 Å². The SMILES string of the molecule is O=C(NCCCC(=O)N1CCCC(C2OCCO2)C1)c1ccc(F)cc1. The monoisotopic (exact) mass is 364 g/mol. The molecule has 6 nitrogen and oxygen atoms in total. The molecule has 2 aliphatic rings. The molecule has 3 rings (SSSR count). The van der Waals surface area contributed by atoms with Gasteiger partial charge in [0.05, 0.1) is 13.2 Å². The maximum atomic E-state index is 12.9. The van der Waals surface area contributed by atoms with Crippen molar-refractivity contribution < 1.29 is 23.5 Å². The summed E-state index contributed by atoms with van der Waals surface area (Å²) in [6.07, 6.45) is 2.76. The van der Waals surface area contributed by atoms with E-state index in [1.807, 2.05) is 4.90 Å². The Morgan fingerprint density at radius 2 is 1.92 bits per heavy atom. The molecule has 0 bridgehead atoms. The number of piperidine rings is 1. The highest BCUT2D eigenvalue weighted by Crippen LogP contribution is 2.25. The summed E-state index contributed by atoms with van der Waals surface area (Å²) < 4.78 is 24.0. The Bertz CT molecular complexity index is 616. The molecule has 26 heavy (non-hydrogen) atoms. The molecular formula is C19H25FN2O4. The van der Waals surface area contributed by atoms with Crippen LogP contribution in [0.25, 0.3) is 0 Å². The molecular weight excluding hydrogens is 339 g/mol. The van der Waals surface area contributed by atoms with Crippen LogP contribution < -0.4 is 5.32 Å². The summed E-state index contributed by atoms with van der Waals surface area (Å²) in [6, 6.07) is 5.39. The van der Waals surface area contributed by atoms with Crippen molar-refractivity contribution in [3.8, 4) is 0 Å². The van der Waals surface area contributed by atoms with Gasteiger partial charge in [0.15, 0.2) is 6.29 Å². The topological polar surface area (TPSA) is 67.9 Å². The summed E-state index contributed by atoms with van der Waals surface area (Å²) >= 11 is 0. The number of nitrogens with one attached hydrogen (secondary N) is 1. The lowest BCUT2D eigenvalue weighted by Gasteiger charge is -2.34. The second-order valence-electron chi connectivity index (χ2n) is 6.72. The van der Waals surface area contributed by atoms with Crippen molar-refractivity contribution >= 4 is 11.8 Å². The molecule has 2 fully saturated rings. The van der Waals surface area contributed by atoms with E-state index in [0.717, 1.165) is 19.4 Å². The van der Waals surface area contributed by atoms with E-state index in [0.29, 0.717) is 44.7 Å². The Labute approximate surface area is 152 Å². The van der Waals surface area contributed by atoms with Gasteiger partial charge in [-0.05, 0) is 43.5 Å². The highest BCUT2D eigenvalue weighted by molar-refractivity contribution is 5.94. The Morgan fingerprint density at radius 3 is 2.65 bits per heavy atom. The van der Waals surface area contributed by atoms with Gasteiger partial charge in [-0.1, -0.05) is 0 Å². The smallest absolute Gasteiger partial charge is 0.251 e. The van der Waals surface area contributed by atoms with Crippen molar-refractivity contribution in [1.29, 1.82) is 0 Å². The van der Waals surface area contributed by atoms with E-state index in [1.54, 1.807) is 0 Å². The second-order valence-corrected chi connectivity index (χ2v) is 6.72. The molecule has 1 aromatic carbocycles. The molecule has 142 valence electrons. The van der Waals surface area contributed by atoms with Crippen LogP contribution in [0.4, 0.5) is 4.39 Å². The van der Waals surface area contributed by atoms with Crippen molar-refractivity contribution in [2.45, 2.75) is 32.0 Å². The van der Waals surface area contributed by atoms with Crippen LogP contribution >= 0.6 is 0 Å². The lowest BCUT2D eigenvalue weighted by molar-refractivity contribution is -0.139. The van der Waals surface area contributed by atoms with Gasteiger partial charge in [0, 0.05) is 37.5 Å². The van der Waals surface area contributed by atoms with Crippen LogP contribution in [-0.4, -0.2) is 55.9 Å². The summed E-state index contributed by atoms with van der Waals surface area (Å²) in [5.74, 6) is -0.288. The van der Waals surface area contributed by atoms with Gasteiger partial charge in [-0.3, -0.25) is 9.59 Å². The predicted octanol–water partition coefficient (Wildman–Crippen LogP) is 1.95. The van der Waals surface area contributed by atoms with Gasteiger partial charge in [-0.25, -0.2) is 4.39 Å². The second kappa shape index (κ2) is 9.09. The minimum absolute atomic E-state index is 0.101. The number of likely N-dealkylation sites (tertiary alicyclic amines) is 1. The van der Waals surface area contributed by atoms with Gasteiger partial charge in [-0.15, -0.1) is 0 Å². The van der Waals surface area contributed by atoms with Crippen LogP contribution in [0, 0.1) is 11.7 Å². The molecule has 0 aliphatic carbocycles. The molecule has 2 saturated heterocycles. The normalized spacial score (nSPS) is 21.0. The molecule has 0 aromatic heterocycles. The number of carbonyl (C=O) groups excluding carboxylic acids is 2. The van der Waals surface area contributed by atoms with Crippen LogP contribution in [-0.2, 0) is 14.3 Å². The minimum atomic E-state index is -0.375. The van der Waals surface area contributed by atoms with E-state index >= 15 is 0 Å². The summed E-state index contributed by atoms with van der Waals surface area (Å²) in [5.41, 5.74) is 0.410. The van der Waals surface area contributed by atoms with Crippen molar-refractivity contribution in [3.05, 3.63) is 35.6 Å². The molecule has 0 radical (unpaired) electrons. The molecule has 0 spiro atoms. The third-order valence-corrected chi connectivity index (χ3v) is 4.80. The Kier molecular flexibility index (Phi) is 6.57. The molecule has 1 aromatic rings. The summed E-state index contributed by atoms with van der Waals surface area (Å²) in [4.78, 5) is 26.2. The van der Waals surface area contributed by atoms with E-state index in [4.69, 9.17) is 9.47 Å². The maximum absolute atomic E-state index is 12.9. The van der Waals surface area contributed by atoms with E-state index in [1.165, 1.54) is 24.3 Å². The van der Waals surface area contributed by atoms with E-state index in [-0.39, 0.29) is 29.8 Å². The van der Waals surface area contributed by atoms with Crippen molar-refractivity contribution in [2.75, 3.05) is 32.8 Å². The van der Waals surface area contributed by atoms with E-state index in [2.05, 4.69) is 5.32 Å². The number of amides is 2. The largest absolute Gasteiger partial charge is 0.352 e. The van der Waals surface area contributed by atoms with E-state index in [9.17, 15) is 14.0 Å². The van der Waals surface area contributed by atoms with Gasteiger partial charge in [0.1, 0.15) is 5.82 Å². The quantitative estimate of drug-likeness (QED) is 0.784. The zero-order chi connectivity index (χ0) is 18.4. The van der Waals surface area contributed by atoms with Crippen LogP contribution in [0.1, 0.15) is 36.0 Å². The van der Waals surface area contributed by atoms with Gasteiger partial charge >= 0.3 is 0 Å².